The fourth-order valence-electron chi connectivity index (χ4n) is 3.86. The summed E-state index contributed by atoms with van der Waals surface area (Å²) in [6.07, 6.45) is 3.90. The van der Waals surface area contributed by atoms with Crippen LogP contribution in [0.4, 0.5) is 5.69 Å². The number of hydrogen-bond acceptors (Lipinski definition) is 4. The molecule has 4 rings (SSSR count). The molecule has 2 heterocycles. The van der Waals surface area contributed by atoms with E-state index < -0.39 is 0 Å². The molecule has 6 nitrogen and oxygen atoms in total. The first-order chi connectivity index (χ1) is 14.6. The van der Waals surface area contributed by atoms with Crippen molar-refractivity contribution in [1.82, 2.24) is 19.4 Å². The lowest BCUT2D eigenvalue weighted by molar-refractivity contribution is 0.0633. The molecule has 6 heteroatoms. The second-order valence-electron chi connectivity index (χ2n) is 7.89. The fourth-order valence-corrected chi connectivity index (χ4v) is 3.86. The Labute approximate surface area is 178 Å². The first kappa shape index (κ1) is 20.2. The monoisotopic (exact) mass is 403 g/mol. The number of benzene rings is 2. The van der Waals surface area contributed by atoms with Crippen LogP contribution in [0.1, 0.15) is 10.4 Å². The van der Waals surface area contributed by atoms with Crippen molar-refractivity contribution in [3.05, 3.63) is 72.6 Å². The Morgan fingerprint density at radius 3 is 2.47 bits per heavy atom. The van der Waals surface area contributed by atoms with Crippen LogP contribution in [0.5, 0.6) is 0 Å². The molecule has 1 amide bonds. The van der Waals surface area contributed by atoms with Gasteiger partial charge in [0.1, 0.15) is 5.82 Å². The molecule has 1 saturated heterocycles. The minimum Gasteiger partial charge on any atom is -0.378 e. The molecule has 1 aliphatic heterocycles. The number of piperazine rings is 1. The molecule has 3 aromatic rings. The molecule has 0 radical (unpaired) electrons. The topological polar surface area (TPSA) is 44.6 Å². The van der Waals surface area contributed by atoms with E-state index in [1.165, 1.54) is 0 Å². The molecule has 0 atom stereocenters. The van der Waals surface area contributed by atoms with E-state index in [-0.39, 0.29) is 5.91 Å². The summed E-state index contributed by atoms with van der Waals surface area (Å²) in [5, 5.41) is 0. The summed E-state index contributed by atoms with van der Waals surface area (Å²) < 4.78 is 2.21. The van der Waals surface area contributed by atoms with Crippen molar-refractivity contribution >= 4 is 11.6 Å². The number of imidazole rings is 1. The number of nitrogens with zero attached hydrogens (tertiary/aromatic N) is 5. The number of amides is 1. The van der Waals surface area contributed by atoms with E-state index in [9.17, 15) is 4.79 Å². The van der Waals surface area contributed by atoms with Crippen LogP contribution in [0.15, 0.2) is 67.0 Å². The first-order valence-electron chi connectivity index (χ1n) is 10.5. The van der Waals surface area contributed by atoms with Crippen LogP contribution in [0, 0.1) is 0 Å². The molecule has 30 heavy (non-hydrogen) atoms. The van der Waals surface area contributed by atoms with Gasteiger partial charge in [-0.2, -0.15) is 0 Å². The zero-order chi connectivity index (χ0) is 20.9. The SMILES string of the molecule is CN(C)c1cccc(C(=O)N2CCN(CCn3ccnc3-c3ccccc3)CC2)c1. The smallest absolute Gasteiger partial charge is 0.254 e. The molecule has 0 N–H and O–H groups in total. The lowest BCUT2D eigenvalue weighted by Crippen LogP contribution is -2.49. The van der Waals surface area contributed by atoms with E-state index in [0.717, 1.165) is 61.9 Å². The molecular formula is C24H29N5O. The van der Waals surface area contributed by atoms with Crippen molar-refractivity contribution in [3.8, 4) is 11.4 Å². The molecule has 156 valence electrons. The van der Waals surface area contributed by atoms with E-state index in [4.69, 9.17) is 0 Å². The minimum absolute atomic E-state index is 0.124. The highest BCUT2D eigenvalue weighted by Crippen LogP contribution is 2.18. The van der Waals surface area contributed by atoms with E-state index >= 15 is 0 Å². The molecule has 1 fully saturated rings. The number of carbonyl (C=O) groups is 1. The summed E-state index contributed by atoms with van der Waals surface area (Å²) in [5.74, 6) is 1.13. The highest BCUT2D eigenvalue weighted by atomic mass is 16.2. The maximum atomic E-state index is 12.9. The number of hydrogen-bond donors (Lipinski definition) is 0. The number of carbonyl (C=O) groups excluding carboxylic acids is 1. The van der Waals surface area contributed by atoms with Gasteiger partial charge in [0.05, 0.1) is 0 Å². The Hall–Kier alpha value is -3.12. The highest BCUT2D eigenvalue weighted by molar-refractivity contribution is 5.95. The minimum atomic E-state index is 0.124. The van der Waals surface area contributed by atoms with Crippen molar-refractivity contribution in [2.75, 3.05) is 51.7 Å². The van der Waals surface area contributed by atoms with Gasteiger partial charge in [-0.1, -0.05) is 36.4 Å². The maximum Gasteiger partial charge on any atom is 0.254 e. The predicted octanol–water partition coefficient (Wildman–Crippen LogP) is 3.07. The Morgan fingerprint density at radius 1 is 0.967 bits per heavy atom. The van der Waals surface area contributed by atoms with Crippen LogP contribution in [-0.4, -0.2) is 72.1 Å². The third kappa shape index (κ3) is 4.54. The van der Waals surface area contributed by atoms with Crippen molar-refractivity contribution in [2.45, 2.75) is 6.54 Å². The summed E-state index contributed by atoms with van der Waals surface area (Å²) in [6, 6.07) is 18.1. The largest absolute Gasteiger partial charge is 0.378 e. The number of rotatable bonds is 6. The third-order valence-electron chi connectivity index (χ3n) is 5.67. The zero-order valence-corrected chi connectivity index (χ0v) is 17.7. The van der Waals surface area contributed by atoms with Gasteiger partial charge in [0, 0.05) is 82.6 Å². The molecule has 0 saturated carbocycles. The molecule has 2 aromatic carbocycles. The quantitative estimate of drug-likeness (QED) is 0.635. The summed E-state index contributed by atoms with van der Waals surface area (Å²) in [5.41, 5.74) is 2.95. The number of aromatic nitrogens is 2. The van der Waals surface area contributed by atoms with Gasteiger partial charge in [-0.15, -0.1) is 0 Å². The third-order valence-corrected chi connectivity index (χ3v) is 5.67. The van der Waals surface area contributed by atoms with Crippen LogP contribution < -0.4 is 4.90 Å². The molecule has 0 bridgehead atoms. The van der Waals surface area contributed by atoms with Crippen LogP contribution >= 0.6 is 0 Å². The van der Waals surface area contributed by atoms with Gasteiger partial charge in [-0.3, -0.25) is 9.69 Å². The fraction of sp³-hybridized carbons (Fsp3) is 0.333. The second-order valence-corrected chi connectivity index (χ2v) is 7.89. The molecule has 0 spiro atoms. The van der Waals surface area contributed by atoms with Crippen LogP contribution in [0.25, 0.3) is 11.4 Å². The van der Waals surface area contributed by atoms with Gasteiger partial charge in [-0.25, -0.2) is 4.98 Å². The standard InChI is InChI=1S/C24H29N5O/c1-26(2)22-10-6-9-21(19-22)24(30)29-17-14-27(15-18-29)13-16-28-12-11-25-23(28)20-7-4-3-5-8-20/h3-12,19H,13-18H2,1-2H3. The summed E-state index contributed by atoms with van der Waals surface area (Å²) in [7, 11) is 3.98. The van der Waals surface area contributed by atoms with Crippen LogP contribution in [0.3, 0.4) is 0 Å². The average Bonchev–Trinajstić information content (AvgIpc) is 3.27. The second kappa shape index (κ2) is 9.13. The van der Waals surface area contributed by atoms with Crippen LogP contribution in [0.2, 0.25) is 0 Å². The Morgan fingerprint density at radius 2 is 1.73 bits per heavy atom. The van der Waals surface area contributed by atoms with Gasteiger partial charge in [0.2, 0.25) is 0 Å². The number of anilines is 1. The van der Waals surface area contributed by atoms with Gasteiger partial charge in [0.15, 0.2) is 0 Å². The molecular weight excluding hydrogens is 374 g/mol. The Bertz CT molecular complexity index is 974. The average molecular weight is 404 g/mol. The maximum absolute atomic E-state index is 12.9. The van der Waals surface area contributed by atoms with Gasteiger partial charge >= 0.3 is 0 Å². The molecule has 0 unspecified atom stereocenters. The zero-order valence-electron chi connectivity index (χ0n) is 17.7. The van der Waals surface area contributed by atoms with Crippen molar-refractivity contribution in [2.24, 2.45) is 0 Å². The summed E-state index contributed by atoms with van der Waals surface area (Å²) >= 11 is 0. The molecule has 1 aromatic heterocycles. The van der Waals surface area contributed by atoms with E-state index in [2.05, 4.69) is 26.6 Å². The lowest BCUT2D eigenvalue weighted by Gasteiger charge is -2.35. The van der Waals surface area contributed by atoms with Gasteiger partial charge < -0.3 is 14.4 Å². The highest BCUT2D eigenvalue weighted by Gasteiger charge is 2.22. The normalized spacial score (nSPS) is 14.7. The van der Waals surface area contributed by atoms with Crippen molar-refractivity contribution < 1.29 is 4.79 Å². The van der Waals surface area contributed by atoms with E-state index in [0.29, 0.717) is 0 Å². The molecule has 1 aliphatic rings. The van der Waals surface area contributed by atoms with Crippen molar-refractivity contribution in [1.29, 1.82) is 0 Å². The summed E-state index contributed by atoms with van der Waals surface area (Å²) in [6.45, 7) is 5.17. The van der Waals surface area contributed by atoms with E-state index in [1.807, 2.05) is 78.8 Å². The van der Waals surface area contributed by atoms with Crippen LogP contribution in [-0.2, 0) is 6.54 Å². The first-order valence-corrected chi connectivity index (χ1v) is 10.5. The van der Waals surface area contributed by atoms with Crippen molar-refractivity contribution in [3.63, 3.8) is 0 Å². The Kier molecular flexibility index (Phi) is 6.14. The van der Waals surface area contributed by atoms with Gasteiger partial charge in [-0.05, 0) is 18.2 Å². The van der Waals surface area contributed by atoms with Gasteiger partial charge in [0.25, 0.3) is 5.91 Å². The Balaban J connectivity index is 1.31. The predicted molar refractivity (Wildman–Crippen MR) is 121 cm³/mol. The summed E-state index contributed by atoms with van der Waals surface area (Å²) in [4.78, 5) is 23.8. The lowest BCUT2D eigenvalue weighted by atomic mass is 10.1. The molecule has 0 aliphatic carbocycles. The van der Waals surface area contributed by atoms with E-state index in [1.54, 1.807) is 0 Å².